The number of ether oxygens (including phenoxy) is 1. The van der Waals surface area contributed by atoms with E-state index in [1.54, 1.807) is 50.2 Å². The number of fused-ring (bicyclic) bond motifs is 1. The van der Waals surface area contributed by atoms with Crippen molar-refractivity contribution >= 4 is 23.5 Å². The maximum absolute atomic E-state index is 13.3. The highest BCUT2D eigenvalue weighted by atomic mass is 16.5. The van der Waals surface area contributed by atoms with Gasteiger partial charge in [0.15, 0.2) is 0 Å². The number of hydrogen-bond acceptors (Lipinski definition) is 6. The van der Waals surface area contributed by atoms with Crippen LogP contribution in [0.25, 0.3) is 0 Å². The van der Waals surface area contributed by atoms with E-state index in [1.165, 1.54) is 11.2 Å². The van der Waals surface area contributed by atoms with Gasteiger partial charge in [-0.3, -0.25) is 19.7 Å². The van der Waals surface area contributed by atoms with Crippen LogP contribution in [0.3, 0.4) is 0 Å². The lowest BCUT2D eigenvalue weighted by molar-refractivity contribution is -0.153. The fourth-order valence-electron chi connectivity index (χ4n) is 4.15. The molecule has 2 aliphatic rings. The summed E-state index contributed by atoms with van der Waals surface area (Å²) >= 11 is 0. The first-order valence-electron chi connectivity index (χ1n) is 8.90. The molecule has 27 heavy (non-hydrogen) atoms. The van der Waals surface area contributed by atoms with E-state index < -0.39 is 35.3 Å². The number of nitrogens with zero attached hydrogens (tertiary/aromatic N) is 1. The number of para-hydroxylation sites is 1. The number of nitrogens with one attached hydrogen (secondary N) is 1. The molecule has 7 nitrogen and oxygen atoms in total. The number of esters is 1. The molecule has 0 unspecified atom stereocenters. The highest BCUT2D eigenvalue weighted by molar-refractivity contribution is 6.24. The van der Waals surface area contributed by atoms with Gasteiger partial charge >= 0.3 is 5.97 Å². The molecular formula is C20H20N2O5. The first kappa shape index (κ1) is 17.5. The van der Waals surface area contributed by atoms with Gasteiger partial charge in [-0.05, 0) is 38.1 Å². The monoisotopic (exact) mass is 368 g/mol. The Kier molecular flexibility index (Phi) is 4.11. The van der Waals surface area contributed by atoms with Gasteiger partial charge in [-0.2, -0.15) is 0 Å². The van der Waals surface area contributed by atoms with E-state index in [4.69, 9.17) is 9.15 Å². The van der Waals surface area contributed by atoms with Crippen molar-refractivity contribution in [3.8, 4) is 0 Å². The Bertz CT molecular complexity index is 879. The minimum absolute atomic E-state index is 0.184. The lowest BCUT2D eigenvalue weighted by atomic mass is 9.81. The number of benzene rings is 1. The summed E-state index contributed by atoms with van der Waals surface area (Å²) in [4.78, 5) is 40.4. The molecule has 7 heteroatoms. The Morgan fingerprint density at radius 2 is 1.93 bits per heavy atom. The van der Waals surface area contributed by atoms with Crippen molar-refractivity contribution in [3.05, 3.63) is 54.5 Å². The normalized spacial score (nSPS) is 29.9. The largest absolute Gasteiger partial charge is 0.468 e. The number of carbonyl (C=O) groups excluding carboxylic acids is 3. The van der Waals surface area contributed by atoms with Gasteiger partial charge in [0.2, 0.25) is 11.8 Å². The van der Waals surface area contributed by atoms with E-state index in [0.29, 0.717) is 11.4 Å². The molecule has 0 saturated carbocycles. The van der Waals surface area contributed by atoms with Gasteiger partial charge in [0.05, 0.1) is 36.4 Å². The average molecular weight is 368 g/mol. The van der Waals surface area contributed by atoms with Crippen LogP contribution >= 0.6 is 0 Å². The number of carbonyl (C=O) groups is 3. The summed E-state index contributed by atoms with van der Waals surface area (Å²) in [5.41, 5.74) is -0.833. The van der Waals surface area contributed by atoms with Crippen molar-refractivity contribution in [2.45, 2.75) is 25.4 Å². The van der Waals surface area contributed by atoms with Gasteiger partial charge in [0.1, 0.15) is 11.3 Å². The van der Waals surface area contributed by atoms with Crippen LogP contribution in [0, 0.1) is 11.8 Å². The van der Waals surface area contributed by atoms with E-state index in [9.17, 15) is 14.4 Å². The molecule has 2 saturated heterocycles. The molecule has 3 heterocycles. The highest BCUT2D eigenvalue weighted by Crippen LogP contribution is 2.49. The van der Waals surface area contributed by atoms with Gasteiger partial charge in [0, 0.05) is 0 Å². The molecule has 4 rings (SSSR count). The summed E-state index contributed by atoms with van der Waals surface area (Å²) in [6.07, 6.45) is 1.50. The number of imide groups is 1. The van der Waals surface area contributed by atoms with Crippen molar-refractivity contribution in [1.29, 1.82) is 0 Å². The van der Waals surface area contributed by atoms with Crippen LogP contribution in [0.4, 0.5) is 5.69 Å². The molecule has 2 aromatic rings. The maximum atomic E-state index is 13.3. The van der Waals surface area contributed by atoms with E-state index in [1.807, 2.05) is 6.07 Å². The van der Waals surface area contributed by atoms with Crippen LogP contribution in [0.15, 0.2) is 53.1 Å². The fraction of sp³-hybridized carbons (Fsp3) is 0.350. The number of anilines is 1. The zero-order valence-electron chi connectivity index (χ0n) is 15.0. The second-order valence-corrected chi connectivity index (χ2v) is 6.91. The van der Waals surface area contributed by atoms with Gasteiger partial charge < -0.3 is 9.15 Å². The lowest BCUT2D eigenvalue weighted by Crippen LogP contribution is -2.54. The average Bonchev–Trinajstić information content (AvgIpc) is 3.34. The van der Waals surface area contributed by atoms with E-state index >= 15 is 0 Å². The van der Waals surface area contributed by atoms with E-state index in [2.05, 4.69) is 5.32 Å². The number of hydrogen-bond donors (Lipinski definition) is 1. The summed E-state index contributed by atoms with van der Waals surface area (Å²) in [6.45, 7) is 3.50. The Labute approximate surface area is 156 Å². The molecule has 140 valence electrons. The van der Waals surface area contributed by atoms with Crippen LogP contribution < -0.4 is 10.2 Å². The van der Waals surface area contributed by atoms with Crippen molar-refractivity contribution in [3.63, 3.8) is 0 Å². The third-order valence-electron chi connectivity index (χ3n) is 5.35. The van der Waals surface area contributed by atoms with Crippen LogP contribution in [0.1, 0.15) is 25.6 Å². The summed E-state index contributed by atoms with van der Waals surface area (Å²) in [5.74, 6) is -2.43. The molecule has 0 bridgehead atoms. The molecule has 0 radical (unpaired) electrons. The second kappa shape index (κ2) is 6.35. The SMILES string of the molecule is CCOC(=O)[C@]1(C)N[C@H](c2ccco2)[C@H]2C(=O)N(c3ccccc3)C(=O)[C@@H]21. The Morgan fingerprint density at radius 1 is 1.19 bits per heavy atom. The standard InChI is InChI=1S/C20H20N2O5/c1-3-26-19(25)20(2)15-14(16(21-20)13-10-7-11-27-13)17(23)22(18(15)24)12-8-5-4-6-9-12/h4-11,14-16,21H,3H2,1-2H3/t14-,15+,16+,20+/m0/s1. The fourth-order valence-corrected chi connectivity index (χ4v) is 4.15. The van der Waals surface area contributed by atoms with Crippen molar-refractivity contribution in [2.75, 3.05) is 11.5 Å². The number of amides is 2. The first-order valence-corrected chi connectivity index (χ1v) is 8.90. The van der Waals surface area contributed by atoms with E-state index in [-0.39, 0.29) is 12.5 Å². The number of furan rings is 1. The van der Waals surface area contributed by atoms with E-state index in [0.717, 1.165) is 0 Å². The molecule has 0 spiro atoms. The van der Waals surface area contributed by atoms with Crippen molar-refractivity contribution in [2.24, 2.45) is 11.8 Å². The summed E-state index contributed by atoms with van der Waals surface area (Å²) < 4.78 is 10.7. The van der Waals surface area contributed by atoms with Crippen LogP contribution in [-0.2, 0) is 19.1 Å². The quantitative estimate of drug-likeness (QED) is 0.656. The maximum Gasteiger partial charge on any atom is 0.326 e. The van der Waals surface area contributed by atoms with Gasteiger partial charge in [-0.25, -0.2) is 4.90 Å². The molecule has 4 atom stereocenters. The summed E-state index contributed by atoms with van der Waals surface area (Å²) in [6, 6.07) is 11.6. The van der Waals surface area contributed by atoms with Gasteiger partial charge in [-0.1, -0.05) is 18.2 Å². The van der Waals surface area contributed by atoms with Crippen molar-refractivity contribution in [1.82, 2.24) is 5.32 Å². The Hall–Kier alpha value is -2.93. The molecule has 2 amide bonds. The summed E-state index contributed by atoms with van der Waals surface area (Å²) in [5, 5.41) is 3.15. The third-order valence-corrected chi connectivity index (χ3v) is 5.35. The van der Waals surface area contributed by atoms with Crippen LogP contribution in [-0.4, -0.2) is 29.9 Å². The van der Waals surface area contributed by atoms with Crippen molar-refractivity contribution < 1.29 is 23.5 Å². The zero-order valence-corrected chi connectivity index (χ0v) is 15.0. The predicted octanol–water partition coefficient (Wildman–Crippen LogP) is 2.05. The Morgan fingerprint density at radius 3 is 2.56 bits per heavy atom. The van der Waals surface area contributed by atoms with Gasteiger partial charge in [0.25, 0.3) is 0 Å². The summed E-state index contributed by atoms with van der Waals surface area (Å²) in [7, 11) is 0. The minimum Gasteiger partial charge on any atom is -0.468 e. The lowest BCUT2D eigenvalue weighted by Gasteiger charge is -2.28. The minimum atomic E-state index is -1.32. The second-order valence-electron chi connectivity index (χ2n) is 6.91. The molecular weight excluding hydrogens is 348 g/mol. The Balaban J connectivity index is 1.81. The molecule has 1 aromatic heterocycles. The third kappa shape index (κ3) is 2.49. The zero-order chi connectivity index (χ0) is 19.2. The topological polar surface area (TPSA) is 88.8 Å². The molecule has 1 N–H and O–H groups in total. The van der Waals surface area contributed by atoms with Crippen LogP contribution in [0.2, 0.25) is 0 Å². The molecule has 1 aromatic carbocycles. The smallest absolute Gasteiger partial charge is 0.326 e. The molecule has 0 aliphatic carbocycles. The van der Waals surface area contributed by atoms with Gasteiger partial charge in [-0.15, -0.1) is 0 Å². The highest BCUT2D eigenvalue weighted by Gasteiger charge is 2.67. The molecule has 2 fully saturated rings. The predicted molar refractivity (Wildman–Crippen MR) is 95.5 cm³/mol. The van der Waals surface area contributed by atoms with Crippen LogP contribution in [0.5, 0.6) is 0 Å². The first-order chi connectivity index (χ1) is 13.0. The number of rotatable bonds is 4. The molecule has 2 aliphatic heterocycles.